The van der Waals surface area contributed by atoms with Crippen molar-refractivity contribution in [2.75, 3.05) is 20.3 Å². The summed E-state index contributed by atoms with van der Waals surface area (Å²) in [7, 11) is 1.57. The molecule has 84 valence electrons. The molecule has 4 heteroatoms. The van der Waals surface area contributed by atoms with Crippen LogP contribution in [0.3, 0.4) is 0 Å². The molecule has 0 amide bonds. The van der Waals surface area contributed by atoms with Crippen LogP contribution in [0.15, 0.2) is 24.3 Å². The highest BCUT2D eigenvalue weighted by atomic mass is 16.6. The number of carbonyl (C=O) groups excluding carboxylic acids is 1. The maximum absolute atomic E-state index is 11.4. The van der Waals surface area contributed by atoms with Gasteiger partial charge >= 0.3 is 5.97 Å². The first-order chi connectivity index (χ1) is 6.74. The van der Waals surface area contributed by atoms with E-state index in [1.807, 2.05) is 19.1 Å². The van der Waals surface area contributed by atoms with Crippen molar-refractivity contribution in [3.05, 3.63) is 35.4 Å². The molecule has 0 radical (unpaired) electrons. The second kappa shape index (κ2) is 6.98. The SMILES string of the molecule is COCCOC(=O)c1cccc(C)c1.N. The van der Waals surface area contributed by atoms with Crippen LogP contribution in [-0.4, -0.2) is 26.3 Å². The van der Waals surface area contributed by atoms with Gasteiger partial charge in [0.2, 0.25) is 0 Å². The topological polar surface area (TPSA) is 70.5 Å². The summed E-state index contributed by atoms with van der Waals surface area (Å²) in [5, 5.41) is 0. The molecule has 0 unspecified atom stereocenters. The standard InChI is InChI=1S/C11H14O3.H3N/c1-9-4-3-5-10(8-9)11(12)14-7-6-13-2;/h3-5,8H,6-7H2,1-2H3;1H3. The predicted molar refractivity (Wildman–Crippen MR) is 58.4 cm³/mol. The van der Waals surface area contributed by atoms with Crippen LogP contribution < -0.4 is 6.15 Å². The maximum atomic E-state index is 11.4. The van der Waals surface area contributed by atoms with Crippen molar-refractivity contribution in [3.63, 3.8) is 0 Å². The molecule has 0 bridgehead atoms. The summed E-state index contributed by atoms with van der Waals surface area (Å²) < 4.78 is 9.73. The van der Waals surface area contributed by atoms with E-state index >= 15 is 0 Å². The van der Waals surface area contributed by atoms with Gasteiger partial charge < -0.3 is 15.6 Å². The Kier molecular flexibility index (Phi) is 6.33. The lowest BCUT2D eigenvalue weighted by molar-refractivity contribution is 0.0388. The molecule has 0 aliphatic carbocycles. The van der Waals surface area contributed by atoms with Crippen LogP contribution in [0.5, 0.6) is 0 Å². The molecule has 1 aromatic carbocycles. The molecule has 0 spiro atoms. The highest BCUT2D eigenvalue weighted by molar-refractivity contribution is 5.89. The fourth-order valence-electron chi connectivity index (χ4n) is 1.07. The molecule has 0 aliphatic heterocycles. The second-order valence-corrected chi connectivity index (χ2v) is 3.00. The third-order valence-electron chi connectivity index (χ3n) is 1.77. The number of aryl methyl sites for hydroxylation is 1. The van der Waals surface area contributed by atoms with Gasteiger partial charge in [0.1, 0.15) is 6.61 Å². The van der Waals surface area contributed by atoms with Crippen LogP contribution >= 0.6 is 0 Å². The zero-order chi connectivity index (χ0) is 10.4. The van der Waals surface area contributed by atoms with Crippen molar-refractivity contribution < 1.29 is 14.3 Å². The largest absolute Gasteiger partial charge is 0.460 e. The average Bonchev–Trinajstić information content (AvgIpc) is 2.18. The molecule has 1 rings (SSSR count). The Hall–Kier alpha value is -1.39. The lowest BCUT2D eigenvalue weighted by Gasteiger charge is -2.04. The summed E-state index contributed by atoms with van der Waals surface area (Å²) in [5.41, 5.74) is 1.63. The number of esters is 1. The summed E-state index contributed by atoms with van der Waals surface area (Å²) in [6, 6.07) is 7.31. The lowest BCUT2D eigenvalue weighted by Crippen LogP contribution is -2.09. The summed E-state index contributed by atoms with van der Waals surface area (Å²) in [4.78, 5) is 11.4. The molecule has 0 heterocycles. The van der Waals surface area contributed by atoms with Gasteiger partial charge in [0, 0.05) is 7.11 Å². The van der Waals surface area contributed by atoms with E-state index in [1.54, 1.807) is 19.2 Å². The van der Waals surface area contributed by atoms with Gasteiger partial charge in [-0.15, -0.1) is 0 Å². The highest BCUT2D eigenvalue weighted by Crippen LogP contribution is 2.05. The lowest BCUT2D eigenvalue weighted by atomic mass is 10.1. The van der Waals surface area contributed by atoms with Crippen molar-refractivity contribution in [2.24, 2.45) is 0 Å². The monoisotopic (exact) mass is 211 g/mol. The maximum Gasteiger partial charge on any atom is 0.338 e. The van der Waals surface area contributed by atoms with Gasteiger partial charge in [0.25, 0.3) is 0 Å². The molecule has 1 aromatic rings. The first-order valence-corrected chi connectivity index (χ1v) is 4.47. The fraction of sp³-hybridized carbons (Fsp3) is 0.364. The van der Waals surface area contributed by atoms with E-state index in [1.165, 1.54) is 0 Å². The van der Waals surface area contributed by atoms with Gasteiger partial charge in [-0.1, -0.05) is 17.7 Å². The van der Waals surface area contributed by atoms with Crippen LogP contribution in [-0.2, 0) is 9.47 Å². The van der Waals surface area contributed by atoms with E-state index in [9.17, 15) is 4.79 Å². The zero-order valence-electron chi connectivity index (χ0n) is 9.16. The Morgan fingerprint density at radius 2 is 2.07 bits per heavy atom. The summed E-state index contributed by atoms with van der Waals surface area (Å²) in [6.45, 7) is 2.66. The van der Waals surface area contributed by atoms with Gasteiger partial charge in [0.15, 0.2) is 0 Å². The number of ether oxygens (including phenoxy) is 2. The van der Waals surface area contributed by atoms with E-state index in [0.29, 0.717) is 18.8 Å². The van der Waals surface area contributed by atoms with Crippen LogP contribution in [0.1, 0.15) is 15.9 Å². The second-order valence-electron chi connectivity index (χ2n) is 3.00. The van der Waals surface area contributed by atoms with Gasteiger partial charge in [0.05, 0.1) is 12.2 Å². The molecule has 0 atom stereocenters. The van der Waals surface area contributed by atoms with Crippen molar-refractivity contribution in [2.45, 2.75) is 6.92 Å². The highest BCUT2D eigenvalue weighted by Gasteiger charge is 2.05. The molecule has 0 saturated carbocycles. The van der Waals surface area contributed by atoms with Gasteiger partial charge in [-0.25, -0.2) is 4.79 Å². The summed E-state index contributed by atoms with van der Waals surface area (Å²) in [6.07, 6.45) is 0. The molecule has 0 saturated heterocycles. The van der Waals surface area contributed by atoms with Crippen molar-refractivity contribution >= 4 is 5.97 Å². The molecule has 0 aromatic heterocycles. The summed E-state index contributed by atoms with van der Waals surface area (Å²) >= 11 is 0. The Bertz CT molecular complexity index is 312. The normalized spacial score (nSPS) is 9.20. The minimum Gasteiger partial charge on any atom is -0.460 e. The Labute approximate surface area is 89.8 Å². The Morgan fingerprint density at radius 1 is 1.33 bits per heavy atom. The van der Waals surface area contributed by atoms with Crippen LogP contribution in [0, 0.1) is 6.92 Å². The minimum absolute atomic E-state index is 0. The number of benzene rings is 1. The number of hydrogen-bond donors (Lipinski definition) is 1. The number of methoxy groups -OCH3 is 1. The number of hydrogen-bond acceptors (Lipinski definition) is 4. The molecule has 3 N–H and O–H groups in total. The predicted octanol–water partition coefficient (Wildman–Crippen LogP) is 1.96. The third-order valence-corrected chi connectivity index (χ3v) is 1.77. The molecule has 4 nitrogen and oxygen atoms in total. The molecular weight excluding hydrogens is 194 g/mol. The molecular formula is C11H17NO3. The molecule has 0 fully saturated rings. The van der Waals surface area contributed by atoms with Gasteiger partial charge in [-0.3, -0.25) is 0 Å². The van der Waals surface area contributed by atoms with E-state index in [-0.39, 0.29) is 12.1 Å². The summed E-state index contributed by atoms with van der Waals surface area (Å²) in [5.74, 6) is -0.300. The fourth-order valence-corrected chi connectivity index (χ4v) is 1.07. The van der Waals surface area contributed by atoms with Crippen molar-refractivity contribution in [3.8, 4) is 0 Å². The van der Waals surface area contributed by atoms with E-state index in [0.717, 1.165) is 5.56 Å². The van der Waals surface area contributed by atoms with Gasteiger partial charge in [-0.05, 0) is 19.1 Å². The van der Waals surface area contributed by atoms with E-state index in [2.05, 4.69) is 0 Å². The Morgan fingerprint density at radius 3 is 2.67 bits per heavy atom. The molecule has 15 heavy (non-hydrogen) atoms. The van der Waals surface area contributed by atoms with Gasteiger partial charge in [-0.2, -0.15) is 0 Å². The van der Waals surface area contributed by atoms with Crippen LogP contribution in [0.25, 0.3) is 0 Å². The van der Waals surface area contributed by atoms with E-state index < -0.39 is 0 Å². The van der Waals surface area contributed by atoms with E-state index in [4.69, 9.17) is 9.47 Å². The number of carbonyl (C=O) groups is 1. The zero-order valence-corrected chi connectivity index (χ0v) is 9.16. The number of rotatable bonds is 4. The third kappa shape index (κ3) is 4.58. The van der Waals surface area contributed by atoms with Crippen LogP contribution in [0.2, 0.25) is 0 Å². The Balaban J connectivity index is 0.00000196. The average molecular weight is 211 g/mol. The first-order valence-electron chi connectivity index (χ1n) is 4.47. The minimum atomic E-state index is -0.300. The quantitative estimate of drug-likeness (QED) is 0.610. The van der Waals surface area contributed by atoms with Crippen molar-refractivity contribution in [1.29, 1.82) is 0 Å². The van der Waals surface area contributed by atoms with Crippen molar-refractivity contribution in [1.82, 2.24) is 6.15 Å². The smallest absolute Gasteiger partial charge is 0.338 e. The van der Waals surface area contributed by atoms with Crippen LogP contribution in [0.4, 0.5) is 0 Å². The first kappa shape index (κ1) is 13.6. The molecule has 0 aliphatic rings.